The van der Waals surface area contributed by atoms with E-state index >= 15 is 0 Å². The first-order valence-corrected chi connectivity index (χ1v) is 10.1. The van der Waals surface area contributed by atoms with Crippen molar-refractivity contribution in [3.8, 4) is 27.3 Å². The van der Waals surface area contributed by atoms with Crippen molar-refractivity contribution in [1.29, 1.82) is 0 Å². The molecule has 1 aliphatic carbocycles. The minimum atomic E-state index is -0.535. The lowest BCUT2D eigenvalue weighted by Gasteiger charge is -2.08. The number of benzene rings is 1. The van der Waals surface area contributed by atoms with E-state index in [-0.39, 0.29) is 6.04 Å². The van der Waals surface area contributed by atoms with Gasteiger partial charge in [0, 0.05) is 12.1 Å². The third kappa shape index (κ3) is 5.05. The van der Waals surface area contributed by atoms with E-state index < -0.39 is 6.09 Å². The summed E-state index contributed by atoms with van der Waals surface area (Å²) < 4.78 is 21.6. The first kappa shape index (κ1) is 19.3. The number of ether oxygens (including phenoxy) is 3. The monoisotopic (exact) mass is 415 g/mol. The number of hydrogen-bond donors (Lipinski definition) is 1. The van der Waals surface area contributed by atoms with Crippen LogP contribution < -0.4 is 14.8 Å². The molecule has 4 rings (SSSR count). The Kier molecular flexibility index (Phi) is 5.66. The van der Waals surface area contributed by atoms with E-state index in [1.165, 1.54) is 31.3 Å². The third-order valence-electron chi connectivity index (χ3n) is 4.41. The van der Waals surface area contributed by atoms with Gasteiger partial charge in [-0.05, 0) is 37.8 Å². The number of aromatic nitrogens is 2. The van der Waals surface area contributed by atoms with E-state index in [1.807, 2.05) is 24.3 Å². The van der Waals surface area contributed by atoms with Gasteiger partial charge in [0.15, 0.2) is 5.76 Å². The van der Waals surface area contributed by atoms with Crippen LogP contribution in [0.4, 0.5) is 4.79 Å². The average Bonchev–Trinajstić information content (AvgIpc) is 3.21. The zero-order valence-corrected chi connectivity index (χ0v) is 16.9. The highest BCUT2D eigenvalue weighted by Gasteiger charge is 2.22. The standard InChI is InChI=1S/C20H21N3O5S/c1-12(22-19(24)25-2)17-9-16(23-28-17)18-10-21-20(29-18)27-15-5-3-4-14(8-15)26-11-13-6-7-13/h3-5,8-10,12-13H,6-7,11H2,1-2H3,(H,22,24). The third-order valence-corrected chi connectivity index (χ3v) is 5.30. The molecule has 1 fully saturated rings. The number of carbonyl (C=O) groups is 1. The van der Waals surface area contributed by atoms with Crippen LogP contribution in [0.1, 0.15) is 31.6 Å². The van der Waals surface area contributed by atoms with Gasteiger partial charge in [-0.3, -0.25) is 0 Å². The predicted molar refractivity (Wildman–Crippen MR) is 106 cm³/mol. The molecule has 1 aliphatic rings. The van der Waals surface area contributed by atoms with Crippen molar-refractivity contribution < 1.29 is 23.5 Å². The molecule has 1 unspecified atom stereocenters. The molecule has 9 heteroatoms. The van der Waals surface area contributed by atoms with Crippen LogP contribution in [0.3, 0.4) is 0 Å². The highest BCUT2D eigenvalue weighted by atomic mass is 32.1. The average molecular weight is 415 g/mol. The number of thiazole rings is 1. The molecule has 1 N–H and O–H groups in total. The lowest BCUT2D eigenvalue weighted by molar-refractivity contribution is 0.165. The van der Waals surface area contributed by atoms with Crippen molar-refractivity contribution >= 4 is 17.4 Å². The van der Waals surface area contributed by atoms with Crippen molar-refractivity contribution in [2.24, 2.45) is 5.92 Å². The summed E-state index contributed by atoms with van der Waals surface area (Å²) in [6, 6.07) is 8.92. The molecule has 0 saturated heterocycles. The zero-order valence-electron chi connectivity index (χ0n) is 16.1. The van der Waals surface area contributed by atoms with Crippen LogP contribution in [0.25, 0.3) is 10.6 Å². The van der Waals surface area contributed by atoms with Gasteiger partial charge in [-0.2, -0.15) is 0 Å². The number of alkyl carbamates (subject to hydrolysis) is 1. The van der Waals surface area contributed by atoms with Crippen molar-refractivity contribution in [2.75, 3.05) is 13.7 Å². The summed E-state index contributed by atoms with van der Waals surface area (Å²) in [6.07, 6.45) is 3.64. The van der Waals surface area contributed by atoms with E-state index in [0.717, 1.165) is 17.2 Å². The van der Waals surface area contributed by atoms with Crippen molar-refractivity contribution in [3.63, 3.8) is 0 Å². The maximum absolute atomic E-state index is 11.3. The first-order chi connectivity index (χ1) is 14.1. The van der Waals surface area contributed by atoms with Crippen LogP contribution in [0.5, 0.6) is 16.7 Å². The molecule has 1 atom stereocenters. The molecule has 29 heavy (non-hydrogen) atoms. The lowest BCUT2D eigenvalue weighted by Crippen LogP contribution is -2.25. The number of amides is 1. The molecule has 3 aromatic rings. The quantitative estimate of drug-likeness (QED) is 0.565. The fourth-order valence-electron chi connectivity index (χ4n) is 2.57. The molecule has 0 spiro atoms. The number of nitrogens with zero attached hydrogens (tertiary/aromatic N) is 2. The van der Waals surface area contributed by atoms with Crippen LogP contribution >= 0.6 is 11.3 Å². The number of hydrogen-bond acceptors (Lipinski definition) is 8. The summed E-state index contributed by atoms with van der Waals surface area (Å²) in [6.45, 7) is 2.53. The van der Waals surface area contributed by atoms with E-state index in [2.05, 4.69) is 20.2 Å². The van der Waals surface area contributed by atoms with Gasteiger partial charge in [-0.1, -0.05) is 22.6 Å². The molecular weight excluding hydrogens is 394 g/mol. The van der Waals surface area contributed by atoms with Gasteiger partial charge in [0.2, 0.25) is 0 Å². The molecule has 2 aromatic heterocycles. The van der Waals surface area contributed by atoms with Gasteiger partial charge in [0.05, 0.1) is 30.8 Å². The second kappa shape index (κ2) is 8.52. The zero-order chi connectivity index (χ0) is 20.2. The largest absolute Gasteiger partial charge is 0.493 e. The lowest BCUT2D eigenvalue weighted by atomic mass is 10.2. The molecule has 8 nitrogen and oxygen atoms in total. The normalized spacial score (nSPS) is 14.3. The second-order valence-corrected chi connectivity index (χ2v) is 7.79. The minimum absolute atomic E-state index is 0.370. The fourth-order valence-corrected chi connectivity index (χ4v) is 3.30. The Hall–Kier alpha value is -3.07. The maximum Gasteiger partial charge on any atom is 0.407 e. The predicted octanol–water partition coefficient (Wildman–Crippen LogP) is 4.80. The fraction of sp³-hybridized carbons (Fsp3) is 0.350. The van der Waals surface area contributed by atoms with Gasteiger partial charge in [0.25, 0.3) is 5.19 Å². The van der Waals surface area contributed by atoms with E-state index in [9.17, 15) is 4.79 Å². The number of rotatable bonds is 8. The highest BCUT2D eigenvalue weighted by molar-refractivity contribution is 7.16. The number of nitrogens with one attached hydrogen (secondary N) is 1. The Morgan fingerprint density at radius 3 is 2.97 bits per heavy atom. The molecule has 1 aromatic carbocycles. The summed E-state index contributed by atoms with van der Waals surface area (Å²) >= 11 is 1.35. The van der Waals surface area contributed by atoms with Crippen molar-refractivity contribution in [2.45, 2.75) is 25.8 Å². The molecular formula is C20H21N3O5S. The summed E-state index contributed by atoms with van der Waals surface area (Å²) in [7, 11) is 1.31. The summed E-state index contributed by atoms with van der Waals surface area (Å²) in [5.74, 6) is 2.66. The van der Waals surface area contributed by atoms with Gasteiger partial charge < -0.3 is 24.1 Å². The maximum atomic E-state index is 11.3. The molecule has 0 aliphatic heterocycles. The van der Waals surface area contributed by atoms with Gasteiger partial charge in [0.1, 0.15) is 17.2 Å². The van der Waals surface area contributed by atoms with E-state index in [1.54, 1.807) is 19.2 Å². The van der Waals surface area contributed by atoms with Crippen LogP contribution in [-0.4, -0.2) is 30.0 Å². The molecule has 1 saturated carbocycles. The SMILES string of the molecule is COC(=O)NC(C)c1cc(-c2cnc(Oc3cccc(OCC4CC4)c3)s2)no1. The van der Waals surface area contributed by atoms with Crippen LogP contribution in [0.15, 0.2) is 41.1 Å². The highest BCUT2D eigenvalue weighted by Crippen LogP contribution is 2.35. The summed E-state index contributed by atoms with van der Waals surface area (Å²) in [5, 5.41) is 7.17. The van der Waals surface area contributed by atoms with Crippen molar-refractivity contribution in [3.05, 3.63) is 42.3 Å². The Morgan fingerprint density at radius 2 is 2.17 bits per heavy atom. The number of carbonyl (C=O) groups excluding carboxylic acids is 1. The van der Waals surface area contributed by atoms with Gasteiger partial charge in [-0.15, -0.1) is 0 Å². The smallest absolute Gasteiger partial charge is 0.407 e. The Morgan fingerprint density at radius 1 is 1.34 bits per heavy atom. The molecule has 0 radical (unpaired) electrons. The Bertz CT molecular complexity index is 982. The van der Waals surface area contributed by atoms with Crippen molar-refractivity contribution in [1.82, 2.24) is 15.5 Å². The molecule has 152 valence electrons. The Labute approximate surface area is 171 Å². The second-order valence-electron chi connectivity index (χ2n) is 6.79. The number of methoxy groups -OCH3 is 1. The molecule has 0 bridgehead atoms. The van der Waals surface area contributed by atoms with Crippen LogP contribution in [0, 0.1) is 5.92 Å². The van der Waals surface area contributed by atoms with E-state index in [0.29, 0.717) is 28.3 Å². The van der Waals surface area contributed by atoms with E-state index in [4.69, 9.17) is 14.0 Å². The summed E-state index contributed by atoms with van der Waals surface area (Å²) in [4.78, 5) is 16.4. The van der Waals surface area contributed by atoms with Gasteiger partial charge >= 0.3 is 6.09 Å². The van der Waals surface area contributed by atoms with Crippen LogP contribution in [0.2, 0.25) is 0 Å². The first-order valence-electron chi connectivity index (χ1n) is 9.28. The van der Waals surface area contributed by atoms with Gasteiger partial charge in [-0.25, -0.2) is 9.78 Å². The Balaban J connectivity index is 1.39. The van der Waals surface area contributed by atoms with Crippen LogP contribution in [-0.2, 0) is 4.74 Å². The minimum Gasteiger partial charge on any atom is -0.493 e. The molecule has 2 heterocycles. The topological polar surface area (TPSA) is 95.7 Å². The summed E-state index contributed by atoms with van der Waals surface area (Å²) in [5.41, 5.74) is 0.618. The molecule has 1 amide bonds.